The summed E-state index contributed by atoms with van der Waals surface area (Å²) in [5.74, 6) is -0.617. The minimum Gasteiger partial charge on any atom is -0.366 e. The van der Waals surface area contributed by atoms with E-state index in [0.29, 0.717) is 28.4 Å². The van der Waals surface area contributed by atoms with Crippen LogP contribution < -0.4 is 11.1 Å². The molecule has 2 amide bonds. The SMILES string of the molecule is CS[C@H]1CC[C@H](N(C)CC(=O)Nc2sccc2C(N)=O)C1. The van der Waals surface area contributed by atoms with Crippen molar-refractivity contribution < 1.29 is 9.59 Å². The zero-order valence-corrected chi connectivity index (χ0v) is 13.9. The van der Waals surface area contributed by atoms with E-state index in [2.05, 4.69) is 16.5 Å². The summed E-state index contributed by atoms with van der Waals surface area (Å²) in [6, 6.07) is 2.10. The summed E-state index contributed by atoms with van der Waals surface area (Å²) >= 11 is 3.22. The summed E-state index contributed by atoms with van der Waals surface area (Å²) in [7, 11) is 1.98. The Kier molecular flexibility index (Phi) is 5.66. The van der Waals surface area contributed by atoms with Gasteiger partial charge in [-0.3, -0.25) is 14.5 Å². The molecule has 7 heteroatoms. The maximum Gasteiger partial charge on any atom is 0.251 e. The third-order valence-corrected chi connectivity index (χ3v) is 5.81. The number of rotatable bonds is 6. The average Bonchev–Trinajstić information content (AvgIpc) is 3.06. The second kappa shape index (κ2) is 7.29. The number of nitrogens with one attached hydrogen (secondary N) is 1. The Morgan fingerprint density at radius 2 is 2.29 bits per heavy atom. The molecule has 0 aliphatic heterocycles. The summed E-state index contributed by atoms with van der Waals surface area (Å²) < 4.78 is 0. The fourth-order valence-corrected chi connectivity index (χ4v) is 4.25. The minimum atomic E-state index is -0.515. The molecule has 1 aliphatic carbocycles. The fraction of sp³-hybridized carbons (Fsp3) is 0.571. The van der Waals surface area contributed by atoms with Crippen molar-refractivity contribution in [2.75, 3.05) is 25.2 Å². The van der Waals surface area contributed by atoms with E-state index < -0.39 is 5.91 Å². The highest BCUT2D eigenvalue weighted by Crippen LogP contribution is 2.30. The molecule has 0 radical (unpaired) electrons. The van der Waals surface area contributed by atoms with Crippen LogP contribution in [0.1, 0.15) is 29.6 Å². The van der Waals surface area contributed by atoms with Gasteiger partial charge < -0.3 is 11.1 Å². The first kappa shape index (κ1) is 16.3. The van der Waals surface area contributed by atoms with E-state index in [1.807, 2.05) is 18.8 Å². The van der Waals surface area contributed by atoms with Gasteiger partial charge in [-0.1, -0.05) is 0 Å². The second-order valence-corrected chi connectivity index (χ2v) is 7.37. The third kappa shape index (κ3) is 4.21. The van der Waals surface area contributed by atoms with Gasteiger partial charge >= 0.3 is 0 Å². The van der Waals surface area contributed by atoms with E-state index in [4.69, 9.17) is 5.73 Å². The fourth-order valence-electron chi connectivity index (χ4n) is 2.65. The highest BCUT2D eigenvalue weighted by molar-refractivity contribution is 7.99. The van der Waals surface area contributed by atoms with Gasteiger partial charge in [0.15, 0.2) is 0 Å². The first-order valence-corrected chi connectivity index (χ1v) is 9.08. The summed E-state index contributed by atoms with van der Waals surface area (Å²) in [5, 5.41) is 5.78. The molecule has 0 unspecified atom stereocenters. The normalized spacial score (nSPS) is 21.7. The van der Waals surface area contributed by atoms with Gasteiger partial charge in [0.2, 0.25) is 5.91 Å². The molecule has 2 atom stereocenters. The van der Waals surface area contributed by atoms with Crippen LogP contribution in [0, 0.1) is 0 Å². The largest absolute Gasteiger partial charge is 0.366 e. The third-order valence-electron chi connectivity index (χ3n) is 3.89. The van der Waals surface area contributed by atoms with Crippen LogP contribution in [0.2, 0.25) is 0 Å². The van der Waals surface area contributed by atoms with Crippen molar-refractivity contribution >= 4 is 39.9 Å². The maximum absolute atomic E-state index is 12.1. The topological polar surface area (TPSA) is 75.4 Å². The Morgan fingerprint density at radius 3 is 2.90 bits per heavy atom. The number of thioether (sulfide) groups is 1. The van der Waals surface area contributed by atoms with Crippen molar-refractivity contribution in [3.05, 3.63) is 17.0 Å². The van der Waals surface area contributed by atoms with Gasteiger partial charge in [0.05, 0.1) is 12.1 Å². The lowest BCUT2D eigenvalue weighted by atomic mass is 10.2. The van der Waals surface area contributed by atoms with Crippen LogP contribution in [0.3, 0.4) is 0 Å². The molecule has 1 heterocycles. The molecule has 116 valence electrons. The molecule has 2 rings (SSSR count). The van der Waals surface area contributed by atoms with Crippen molar-refractivity contribution in [3.8, 4) is 0 Å². The number of carbonyl (C=O) groups excluding carboxylic acids is 2. The molecule has 21 heavy (non-hydrogen) atoms. The lowest BCUT2D eigenvalue weighted by Gasteiger charge is -2.23. The van der Waals surface area contributed by atoms with Gasteiger partial charge in [-0.2, -0.15) is 11.8 Å². The summed E-state index contributed by atoms with van der Waals surface area (Å²) in [4.78, 5) is 25.4. The van der Waals surface area contributed by atoms with E-state index >= 15 is 0 Å². The Balaban J connectivity index is 1.87. The lowest BCUT2D eigenvalue weighted by Crippen LogP contribution is -2.37. The number of thiophene rings is 1. The highest BCUT2D eigenvalue weighted by atomic mass is 32.2. The summed E-state index contributed by atoms with van der Waals surface area (Å²) in [6.45, 7) is 0.335. The molecule has 0 aromatic carbocycles. The van der Waals surface area contributed by atoms with Crippen molar-refractivity contribution in [1.29, 1.82) is 0 Å². The molecule has 1 saturated carbocycles. The zero-order chi connectivity index (χ0) is 15.4. The zero-order valence-electron chi connectivity index (χ0n) is 12.3. The van der Waals surface area contributed by atoms with Gasteiger partial charge in [0, 0.05) is 11.3 Å². The molecule has 3 N–H and O–H groups in total. The first-order chi connectivity index (χ1) is 10.0. The number of carbonyl (C=O) groups is 2. The summed E-state index contributed by atoms with van der Waals surface area (Å²) in [5.41, 5.74) is 5.64. The Bertz CT molecular complexity index is 518. The highest BCUT2D eigenvalue weighted by Gasteiger charge is 2.27. The Labute approximate surface area is 133 Å². The molecular weight excluding hydrogens is 306 g/mol. The van der Waals surface area contributed by atoms with E-state index in [1.54, 1.807) is 11.4 Å². The second-order valence-electron chi connectivity index (χ2n) is 5.32. The average molecular weight is 327 g/mol. The van der Waals surface area contributed by atoms with E-state index in [1.165, 1.54) is 17.8 Å². The monoisotopic (exact) mass is 327 g/mol. The van der Waals surface area contributed by atoms with Crippen LogP contribution in [0.25, 0.3) is 0 Å². The van der Waals surface area contributed by atoms with E-state index in [9.17, 15) is 9.59 Å². The first-order valence-electron chi connectivity index (χ1n) is 6.91. The van der Waals surface area contributed by atoms with Crippen LogP contribution >= 0.6 is 23.1 Å². The van der Waals surface area contributed by atoms with E-state index in [-0.39, 0.29) is 5.91 Å². The van der Waals surface area contributed by atoms with Crippen molar-refractivity contribution in [1.82, 2.24) is 4.90 Å². The maximum atomic E-state index is 12.1. The number of anilines is 1. The van der Waals surface area contributed by atoms with Crippen molar-refractivity contribution in [2.24, 2.45) is 5.73 Å². The number of likely N-dealkylation sites (N-methyl/N-ethyl adjacent to an activating group) is 1. The van der Waals surface area contributed by atoms with E-state index in [0.717, 1.165) is 12.8 Å². The molecule has 1 aliphatic rings. The lowest BCUT2D eigenvalue weighted by molar-refractivity contribution is -0.117. The number of hydrogen-bond acceptors (Lipinski definition) is 5. The number of nitrogens with two attached hydrogens (primary N) is 1. The van der Waals surface area contributed by atoms with Gasteiger partial charge in [0.1, 0.15) is 5.00 Å². The van der Waals surface area contributed by atoms with Gasteiger partial charge in [-0.25, -0.2) is 0 Å². The molecule has 5 nitrogen and oxygen atoms in total. The predicted octanol–water partition coefficient (Wildman–Crippen LogP) is 2.00. The van der Waals surface area contributed by atoms with Gasteiger partial charge in [0.25, 0.3) is 5.91 Å². The molecule has 0 saturated heterocycles. The number of primary amides is 1. The number of hydrogen-bond donors (Lipinski definition) is 2. The van der Waals surface area contributed by atoms with Crippen LogP contribution in [-0.2, 0) is 4.79 Å². The number of amides is 2. The van der Waals surface area contributed by atoms with Crippen molar-refractivity contribution in [2.45, 2.75) is 30.6 Å². The van der Waals surface area contributed by atoms with Crippen molar-refractivity contribution in [3.63, 3.8) is 0 Å². The molecular formula is C14H21N3O2S2. The smallest absolute Gasteiger partial charge is 0.251 e. The molecule has 1 fully saturated rings. The number of nitrogens with zero attached hydrogens (tertiary/aromatic N) is 1. The molecule has 0 bridgehead atoms. The quantitative estimate of drug-likeness (QED) is 0.838. The minimum absolute atomic E-state index is 0.102. The van der Waals surface area contributed by atoms with Crippen LogP contribution in [-0.4, -0.2) is 47.9 Å². The summed E-state index contributed by atoms with van der Waals surface area (Å²) in [6.07, 6.45) is 5.63. The molecule has 0 spiro atoms. The van der Waals surface area contributed by atoms with Crippen LogP contribution in [0.4, 0.5) is 5.00 Å². The molecule has 1 aromatic heterocycles. The standard InChI is InChI=1S/C14H21N3O2S2/c1-17(9-3-4-10(7-9)20-2)8-12(18)16-14-11(13(15)19)5-6-21-14/h5-6,9-10H,3-4,7-8H2,1-2H3,(H2,15,19)(H,16,18)/t9-,10-/m0/s1. The Hall–Kier alpha value is -1.05. The van der Waals surface area contributed by atoms with Gasteiger partial charge in [-0.05, 0) is 44.0 Å². The van der Waals surface area contributed by atoms with Crippen LogP contribution in [0.15, 0.2) is 11.4 Å². The molecule has 1 aromatic rings. The Morgan fingerprint density at radius 1 is 1.52 bits per heavy atom. The predicted molar refractivity (Wildman–Crippen MR) is 89.0 cm³/mol. The van der Waals surface area contributed by atoms with Gasteiger partial charge in [-0.15, -0.1) is 11.3 Å². The van der Waals surface area contributed by atoms with Crippen LogP contribution in [0.5, 0.6) is 0 Å².